The van der Waals surface area contributed by atoms with Crippen LogP contribution in [0, 0.1) is 0 Å². The number of halogens is 1. The van der Waals surface area contributed by atoms with Crippen LogP contribution in [0.2, 0.25) is 0 Å². The van der Waals surface area contributed by atoms with Crippen molar-refractivity contribution in [1.82, 2.24) is 4.98 Å². The molecule has 20 heavy (non-hydrogen) atoms. The Labute approximate surface area is 125 Å². The van der Waals surface area contributed by atoms with Crippen molar-refractivity contribution in [1.29, 1.82) is 0 Å². The number of hydrogen-bond acceptors (Lipinski definition) is 5. The largest absolute Gasteiger partial charge is 0.480 e. The summed E-state index contributed by atoms with van der Waals surface area (Å²) in [4.78, 5) is 4.15. The fourth-order valence-electron chi connectivity index (χ4n) is 1.97. The second kappa shape index (κ2) is 5.58. The predicted octanol–water partition coefficient (Wildman–Crippen LogP) is 3.19. The molecule has 0 amide bonds. The maximum atomic E-state index is 5.38. The molecule has 1 aliphatic rings. The quantitative estimate of drug-likeness (QED) is 0.929. The fraction of sp³-hybridized carbons (Fsp3) is 0.214. The highest BCUT2D eigenvalue weighted by Crippen LogP contribution is 2.37. The third kappa shape index (κ3) is 2.51. The molecule has 1 aromatic heterocycles. The highest BCUT2D eigenvalue weighted by atomic mass is 79.9. The van der Waals surface area contributed by atoms with Crippen LogP contribution in [-0.2, 0) is 6.54 Å². The van der Waals surface area contributed by atoms with Gasteiger partial charge in [-0.05, 0) is 29.8 Å². The number of aromatic nitrogens is 1. The molecule has 104 valence electrons. The van der Waals surface area contributed by atoms with Crippen LogP contribution in [0.5, 0.6) is 17.4 Å². The summed E-state index contributed by atoms with van der Waals surface area (Å²) in [5.41, 5.74) is 1.92. The normalized spacial score (nSPS) is 12.3. The standard InChI is InChI=1S/C14H13BrN2O3/c1-18-14-11(3-2-4-16-14)17-7-9-5-12-13(6-10(9)15)20-8-19-12/h2-6,17H,7-8H2,1H3. The number of ether oxygens (including phenoxy) is 3. The number of nitrogens with one attached hydrogen (secondary N) is 1. The van der Waals surface area contributed by atoms with E-state index in [1.165, 1.54) is 0 Å². The monoisotopic (exact) mass is 336 g/mol. The summed E-state index contributed by atoms with van der Waals surface area (Å²) in [6, 6.07) is 7.66. The van der Waals surface area contributed by atoms with Crippen molar-refractivity contribution in [3.8, 4) is 17.4 Å². The molecule has 0 saturated heterocycles. The molecule has 3 rings (SSSR count). The first-order valence-corrected chi connectivity index (χ1v) is 6.88. The van der Waals surface area contributed by atoms with Gasteiger partial charge in [-0.2, -0.15) is 0 Å². The lowest BCUT2D eigenvalue weighted by atomic mass is 10.2. The van der Waals surface area contributed by atoms with Crippen LogP contribution < -0.4 is 19.5 Å². The Hall–Kier alpha value is -1.95. The number of nitrogens with zero attached hydrogens (tertiary/aromatic N) is 1. The Morgan fingerprint density at radius 2 is 2.15 bits per heavy atom. The minimum absolute atomic E-state index is 0.273. The minimum Gasteiger partial charge on any atom is -0.480 e. The summed E-state index contributed by atoms with van der Waals surface area (Å²) in [5.74, 6) is 2.10. The van der Waals surface area contributed by atoms with E-state index < -0.39 is 0 Å². The van der Waals surface area contributed by atoms with Crippen molar-refractivity contribution in [3.05, 3.63) is 40.5 Å². The molecule has 0 aliphatic carbocycles. The van der Waals surface area contributed by atoms with Gasteiger partial charge in [0.15, 0.2) is 11.5 Å². The first kappa shape index (κ1) is 13.1. The van der Waals surface area contributed by atoms with Crippen LogP contribution >= 0.6 is 15.9 Å². The Bertz CT molecular complexity index is 634. The van der Waals surface area contributed by atoms with Gasteiger partial charge in [-0.25, -0.2) is 4.98 Å². The van der Waals surface area contributed by atoms with Gasteiger partial charge in [0.05, 0.1) is 12.8 Å². The molecule has 1 aliphatic heterocycles. The van der Waals surface area contributed by atoms with E-state index in [-0.39, 0.29) is 6.79 Å². The molecule has 6 heteroatoms. The van der Waals surface area contributed by atoms with E-state index in [1.54, 1.807) is 13.3 Å². The van der Waals surface area contributed by atoms with E-state index in [0.29, 0.717) is 12.4 Å². The Balaban J connectivity index is 1.78. The number of benzene rings is 1. The van der Waals surface area contributed by atoms with Gasteiger partial charge in [-0.1, -0.05) is 15.9 Å². The summed E-state index contributed by atoms with van der Waals surface area (Å²) >= 11 is 3.54. The summed E-state index contributed by atoms with van der Waals surface area (Å²) in [6.07, 6.45) is 1.69. The van der Waals surface area contributed by atoms with Crippen LogP contribution in [-0.4, -0.2) is 18.9 Å². The van der Waals surface area contributed by atoms with Crippen LogP contribution in [0.15, 0.2) is 34.9 Å². The topological polar surface area (TPSA) is 52.6 Å². The third-order valence-corrected chi connectivity index (χ3v) is 3.71. The van der Waals surface area contributed by atoms with Crippen LogP contribution in [0.3, 0.4) is 0 Å². The maximum absolute atomic E-state index is 5.38. The molecule has 0 saturated carbocycles. The van der Waals surface area contributed by atoms with Gasteiger partial charge in [0.25, 0.3) is 0 Å². The first-order valence-electron chi connectivity index (χ1n) is 6.09. The van der Waals surface area contributed by atoms with E-state index in [1.807, 2.05) is 24.3 Å². The van der Waals surface area contributed by atoms with Gasteiger partial charge in [0, 0.05) is 17.2 Å². The molecule has 0 unspecified atom stereocenters. The lowest BCUT2D eigenvalue weighted by molar-refractivity contribution is 0.174. The Morgan fingerprint density at radius 1 is 1.35 bits per heavy atom. The SMILES string of the molecule is COc1ncccc1NCc1cc2c(cc1Br)OCO2. The lowest BCUT2D eigenvalue weighted by Crippen LogP contribution is -2.03. The minimum atomic E-state index is 0.273. The second-order valence-electron chi connectivity index (χ2n) is 4.21. The first-order chi connectivity index (χ1) is 9.78. The molecule has 5 nitrogen and oxygen atoms in total. The number of methoxy groups -OCH3 is 1. The highest BCUT2D eigenvalue weighted by Gasteiger charge is 2.16. The molecule has 2 aromatic rings. The van der Waals surface area contributed by atoms with E-state index in [9.17, 15) is 0 Å². The molecule has 0 bridgehead atoms. The molecule has 1 N–H and O–H groups in total. The van der Waals surface area contributed by atoms with Crippen molar-refractivity contribution < 1.29 is 14.2 Å². The Kier molecular flexibility index (Phi) is 3.64. The smallest absolute Gasteiger partial charge is 0.237 e. The summed E-state index contributed by atoms with van der Waals surface area (Å²) in [5, 5.41) is 3.30. The zero-order chi connectivity index (χ0) is 13.9. The van der Waals surface area contributed by atoms with Crippen LogP contribution in [0.4, 0.5) is 5.69 Å². The average molecular weight is 337 g/mol. The van der Waals surface area contributed by atoms with E-state index in [4.69, 9.17) is 14.2 Å². The van der Waals surface area contributed by atoms with Crippen molar-refractivity contribution >= 4 is 21.6 Å². The third-order valence-electron chi connectivity index (χ3n) is 2.98. The summed E-state index contributed by atoms with van der Waals surface area (Å²) in [7, 11) is 1.60. The molecular weight excluding hydrogens is 324 g/mol. The zero-order valence-corrected chi connectivity index (χ0v) is 12.4. The molecular formula is C14H13BrN2O3. The number of rotatable bonds is 4. The van der Waals surface area contributed by atoms with Gasteiger partial charge < -0.3 is 19.5 Å². The highest BCUT2D eigenvalue weighted by molar-refractivity contribution is 9.10. The van der Waals surface area contributed by atoms with E-state index in [2.05, 4.69) is 26.2 Å². The number of pyridine rings is 1. The number of anilines is 1. The molecule has 0 spiro atoms. The number of fused-ring (bicyclic) bond motifs is 1. The molecule has 0 atom stereocenters. The average Bonchev–Trinajstić information content (AvgIpc) is 2.92. The second-order valence-corrected chi connectivity index (χ2v) is 5.07. The molecule has 1 aromatic carbocycles. The lowest BCUT2D eigenvalue weighted by Gasteiger charge is -2.11. The van der Waals surface area contributed by atoms with Gasteiger partial charge in [-0.3, -0.25) is 0 Å². The van der Waals surface area contributed by atoms with Gasteiger partial charge >= 0.3 is 0 Å². The van der Waals surface area contributed by atoms with Crippen LogP contribution in [0.25, 0.3) is 0 Å². The van der Waals surface area contributed by atoms with Crippen molar-refractivity contribution in [3.63, 3.8) is 0 Å². The van der Waals surface area contributed by atoms with E-state index in [0.717, 1.165) is 27.2 Å². The zero-order valence-electron chi connectivity index (χ0n) is 10.9. The van der Waals surface area contributed by atoms with Gasteiger partial charge in [0.2, 0.25) is 12.7 Å². The van der Waals surface area contributed by atoms with Gasteiger partial charge in [0.1, 0.15) is 0 Å². The fourth-order valence-corrected chi connectivity index (χ4v) is 2.44. The Morgan fingerprint density at radius 3 is 2.95 bits per heavy atom. The molecule has 0 radical (unpaired) electrons. The van der Waals surface area contributed by atoms with Gasteiger partial charge in [-0.15, -0.1) is 0 Å². The number of hydrogen-bond donors (Lipinski definition) is 1. The summed E-state index contributed by atoms with van der Waals surface area (Å²) in [6.45, 7) is 0.897. The van der Waals surface area contributed by atoms with E-state index >= 15 is 0 Å². The summed E-state index contributed by atoms with van der Waals surface area (Å²) < 4.78 is 16.9. The van der Waals surface area contributed by atoms with Crippen molar-refractivity contribution in [2.24, 2.45) is 0 Å². The maximum Gasteiger partial charge on any atom is 0.237 e. The van der Waals surface area contributed by atoms with Crippen LogP contribution in [0.1, 0.15) is 5.56 Å². The van der Waals surface area contributed by atoms with Crippen molar-refractivity contribution in [2.75, 3.05) is 19.2 Å². The molecule has 2 heterocycles. The predicted molar refractivity (Wildman–Crippen MR) is 78.4 cm³/mol. The van der Waals surface area contributed by atoms with Crippen molar-refractivity contribution in [2.45, 2.75) is 6.54 Å². The molecule has 0 fully saturated rings.